The van der Waals surface area contributed by atoms with E-state index in [0.29, 0.717) is 25.3 Å². The first kappa shape index (κ1) is 24.9. The summed E-state index contributed by atoms with van der Waals surface area (Å²) >= 11 is 0. The lowest BCUT2D eigenvalue weighted by atomic mass is 10.2. The average molecular weight is 485 g/mol. The normalized spacial score (nSPS) is 19.3. The largest absolute Gasteiger partial charge is 0.325 e. The fraction of sp³-hybridized carbons (Fsp3) is 0.500. The van der Waals surface area contributed by atoms with Crippen LogP contribution < -0.4 is 5.32 Å². The number of nitrogens with zero attached hydrogens (tertiary/aromatic N) is 3. The number of anilines is 1. The van der Waals surface area contributed by atoms with Crippen molar-refractivity contribution in [3.63, 3.8) is 0 Å². The number of hydrogen-bond acceptors (Lipinski definition) is 5. The lowest BCUT2D eigenvalue weighted by molar-refractivity contribution is -0.117. The standard InChI is InChI=1S/C26H36N4O3S/c31-26(22-29-15-9-14-28(18-19-29)21-23-10-4-3-5-11-23)27-24-12-8-13-25(20-24)34(32,33)30-16-6-1-2-7-17-30/h3-5,8,10-13,20H,1-2,6-7,9,14-19,21-22H2,(H,27,31). The van der Waals surface area contributed by atoms with Gasteiger partial charge in [-0.2, -0.15) is 4.31 Å². The average Bonchev–Trinajstić information content (AvgIpc) is 3.24. The molecular weight excluding hydrogens is 448 g/mol. The second kappa shape index (κ2) is 11.9. The van der Waals surface area contributed by atoms with Crippen LogP contribution in [-0.2, 0) is 21.4 Å². The van der Waals surface area contributed by atoms with Gasteiger partial charge in [-0.25, -0.2) is 8.42 Å². The van der Waals surface area contributed by atoms with Crippen molar-refractivity contribution in [3.05, 3.63) is 60.2 Å². The van der Waals surface area contributed by atoms with E-state index in [1.165, 1.54) is 5.56 Å². The Labute approximate surface area is 203 Å². The predicted molar refractivity (Wildman–Crippen MR) is 135 cm³/mol. The van der Waals surface area contributed by atoms with Crippen LogP contribution in [0.1, 0.15) is 37.7 Å². The number of hydrogen-bond donors (Lipinski definition) is 1. The second-order valence-corrected chi connectivity index (χ2v) is 11.2. The van der Waals surface area contributed by atoms with Crippen LogP contribution in [0.2, 0.25) is 0 Å². The van der Waals surface area contributed by atoms with E-state index >= 15 is 0 Å². The smallest absolute Gasteiger partial charge is 0.243 e. The Kier molecular flexibility index (Phi) is 8.72. The highest BCUT2D eigenvalue weighted by Crippen LogP contribution is 2.22. The van der Waals surface area contributed by atoms with Crippen LogP contribution in [0.5, 0.6) is 0 Å². The molecule has 0 bridgehead atoms. The highest BCUT2D eigenvalue weighted by atomic mass is 32.2. The minimum Gasteiger partial charge on any atom is -0.325 e. The molecule has 8 heteroatoms. The van der Waals surface area contributed by atoms with Gasteiger partial charge in [0.2, 0.25) is 15.9 Å². The zero-order valence-corrected chi connectivity index (χ0v) is 20.7. The molecule has 0 saturated carbocycles. The zero-order chi connectivity index (χ0) is 23.8. The van der Waals surface area contributed by atoms with Gasteiger partial charge in [-0.05, 0) is 56.1 Å². The molecule has 0 unspecified atom stereocenters. The summed E-state index contributed by atoms with van der Waals surface area (Å²) in [6, 6.07) is 17.1. The van der Waals surface area contributed by atoms with Gasteiger partial charge in [-0.3, -0.25) is 14.6 Å². The molecule has 1 amide bonds. The van der Waals surface area contributed by atoms with E-state index in [9.17, 15) is 13.2 Å². The van der Waals surface area contributed by atoms with Crippen molar-refractivity contribution in [1.82, 2.24) is 14.1 Å². The fourth-order valence-electron chi connectivity index (χ4n) is 4.75. The summed E-state index contributed by atoms with van der Waals surface area (Å²) in [4.78, 5) is 17.6. The lowest BCUT2D eigenvalue weighted by Gasteiger charge is -2.22. The van der Waals surface area contributed by atoms with Crippen molar-refractivity contribution >= 4 is 21.6 Å². The SMILES string of the molecule is O=C(CN1CCCN(Cc2ccccc2)CC1)Nc1cccc(S(=O)(=O)N2CCCCCC2)c1. The molecule has 2 aliphatic rings. The highest BCUT2D eigenvalue weighted by molar-refractivity contribution is 7.89. The molecule has 0 radical (unpaired) electrons. The Hall–Kier alpha value is -2.26. The van der Waals surface area contributed by atoms with Gasteiger partial charge < -0.3 is 5.32 Å². The second-order valence-electron chi connectivity index (χ2n) is 9.29. The number of benzene rings is 2. The van der Waals surface area contributed by atoms with Crippen molar-refractivity contribution in [2.75, 3.05) is 51.1 Å². The molecule has 7 nitrogen and oxygen atoms in total. The van der Waals surface area contributed by atoms with Crippen LogP contribution >= 0.6 is 0 Å². The number of carbonyl (C=O) groups excluding carboxylic acids is 1. The minimum absolute atomic E-state index is 0.110. The van der Waals surface area contributed by atoms with Crippen molar-refractivity contribution < 1.29 is 13.2 Å². The molecule has 0 atom stereocenters. The Morgan fingerprint density at radius 3 is 2.24 bits per heavy atom. The minimum atomic E-state index is -3.54. The first-order valence-electron chi connectivity index (χ1n) is 12.4. The highest BCUT2D eigenvalue weighted by Gasteiger charge is 2.25. The molecule has 2 aliphatic heterocycles. The molecule has 0 aromatic heterocycles. The number of sulfonamides is 1. The number of rotatable bonds is 7. The molecule has 2 fully saturated rings. The predicted octanol–water partition coefficient (Wildman–Crippen LogP) is 3.40. The maximum Gasteiger partial charge on any atom is 0.243 e. The molecule has 2 aromatic carbocycles. The Balaban J connectivity index is 1.31. The van der Waals surface area contributed by atoms with Crippen molar-refractivity contribution in [1.29, 1.82) is 0 Å². The number of carbonyl (C=O) groups is 1. The summed E-state index contributed by atoms with van der Waals surface area (Å²) in [6.45, 7) is 6.02. The molecule has 1 N–H and O–H groups in total. The molecular formula is C26H36N4O3S. The molecule has 184 valence electrons. The fourth-order valence-corrected chi connectivity index (χ4v) is 6.31. The van der Waals surface area contributed by atoms with Crippen molar-refractivity contribution in [3.8, 4) is 0 Å². The summed E-state index contributed by atoms with van der Waals surface area (Å²) in [5, 5.41) is 2.91. The van der Waals surface area contributed by atoms with Crippen LogP contribution in [-0.4, -0.2) is 74.2 Å². The zero-order valence-electron chi connectivity index (χ0n) is 19.9. The van der Waals surface area contributed by atoms with E-state index < -0.39 is 10.0 Å². The van der Waals surface area contributed by atoms with E-state index in [1.807, 2.05) is 6.07 Å². The van der Waals surface area contributed by atoms with Crippen LogP contribution in [0.15, 0.2) is 59.5 Å². The molecule has 2 heterocycles. The molecule has 0 aliphatic carbocycles. The topological polar surface area (TPSA) is 73.0 Å². The van der Waals surface area contributed by atoms with E-state index in [1.54, 1.807) is 28.6 Å². The third-order valence-corrected chi connectivity index (χ3v) is 8.51. The number of amides is 1. The van der Waals surface area contributed by atoms with Gasteiger partial charge in [0.25, 0.3) is 0 Å². The van der Waals surface area contributed by atoms with Gasteiger partial charge in [0.15, 0.2) is 0 Å². The quantitative estimate of drug-likeness (QED) is 0.652. The summed E-state index contributed by atoms with van der Waals surface area (Å²) in [5.41, 5.74) is 1.84. The summed E-state index contributed by atoms with van der Waals surface area (Å²) in [5.74, 6) is -0.110. The van der Waals surface area contributed by atoms with Gasteiger partial charge in [0, 0.05) is 38.4 Å². The number of nitrogens with one attached hydrogen (secondary N) is 1. The van der Waals surface area contributed by atoms with Crippen LogP contribution in [0.4, 0.5) is 5.69 Å². The van der Waals surface area contributed by atoms with E-state index in [0.717, 1.165) is 64.8 Å². The monoisotopic (exact) mass is 484 g/mol. The Bertz CT molecular complexity index is 1040. The van der Waals surface area contributed by atoms with Crippen LogP contribution in [0, 0.1) is 0 Å². The van der Waals surface area contributed by atoms with Crippen LogP contribution in [0.25, 0.3) is 0 Å². The van der Waals surface area contributed by atoms with Crippen molar-refractivity contribution in [2.24, 2.45) is 0 Å². The van der Waals surface area contributed by atoms with Gasteiger partial charge in [-0.15, -0.1) is 0 Å². The van der Waals surface area contributed by atoms with E-state index in [4.69, 9.17) is 0 Å². The first-order chi connectivity index (χ1) is 16.5. The lowest BCUT2D eigenvalue weighted by Crippen LogP contribution is -2.36. The Morgan fingerprint density at radius 1 is 0.765 bits per heavy atom. The molecule has 2 saturated heterocycles. The van der Waals surface area contributed by atoms with Crippen molar-refractivity contribution in [2.45, 2.75) is 43.5 Å². The van der Waals surface area contributed by atoms with Gasteiger partial charge in [-0.1, -0.05) is 49.2 Å². The molecule has 4 rings (SSSR count). The summed E-state index contributed by atoms with van der Waals surface area (Å²) in [6.07, 6.45) is 4.96. The first-order valence-corrected chi connectivity index (χ1v) is 13.8. The molecule has 0 spiro atoms. The molecule has 2 aromatic rings. The van der Waals surface area contributed by atoms with E-state index in [2.05, 4.69) is 39.4 Å². The maximum atomic E-state index is 13.1. The van der Waals surface area contributed by atoms with Gasteiger partial charge in [0.05, 0.1) is 11.4 Å². The van der Waals surface area contributed by atoms with Gasteiger partial charge >= 0.3 is 0 Å². The third-order valence-electron chi connectivity index (χ3n) is 6.62. The molecule has 34 heavy (non-hydrogen) atoms. The summed E-state index contributed by atoms with van der Waals surface area (Å²) in [7, 11) is -3.54. The summed E-state index contributed by atoms with van der Waals surface area (Å²) < 4.78 is 27.8. The van der Waals surface area contributed by atoms with Crippen LogP contribution in [0.3, 0.4) is 0 Å². The van der Waals surface area contributed by atoms with E-state index in [-0.39, 0.29) is 10.8 Å². The maximum absolute atomic E-state index is 13.1. The Morgan fingerprint density at radius 2 is 1.47 bits per heavy atom. The third kappa shape index (κ3) is 6.88. The van der Waals surface area contributed by atoms with Gasteiger partial charge in [0.1, 0.15) is 0 Å².